The molecule has 2 heterocycles. The number of piperazine rings is 1. The van der Waals surface area contributed by atoms with E-state index in [9.17, 15) is 14.4 Å². The zero-order valence-electron chi connectivity index (χ0n) is 9.56. The van der Waals surface area contributed by atoms with Crippen LogP contribution in [0, 0.1) is 0 Å². The van der Waals surface area contributed by atoms with Gasteiger partial charge in [-0.05, 0) is 6.42 Å². The zero-order chi connectivity index (χ0) is 12.4. The summed E-state index contributed by atoms with van der Waals surface area (Å²) in [6, 6.07) is -0.362. The first kappa shape index (κ1) is 12.0. The largest absolute Gasteiger partial charge is 0.380 e. The average molecular weight is 241 g/mol. The van der Waals surface area contributed by atoms with E-state index in [2.05, 4.69) is 10.6 Å². The van der Waals surface area contributed by atoms with Crippen molar-refractivity contribution in [3.05, 3.63) is 0 Å². The van der Waals surface area contributed by atoms with Gasteiger partial charge in [-0.25, -0.2) is 0 Å². The minimum atomic E-state index is -0.434. The first-order valence-electron chi connectivity index (χ1n) is 5.48. The second kappa shape index (κ2) is 4.80. The van der Waals surface area contributed by atoms with Crippen LogP contribution < -0.4 is 10.6 Å². The maximum Gasteiger partial charge on any atom is 0.246 e. The van der Waals surface area contributed by atoms with Crippen LogP contribution in [0.2, 0.25) is 0 Å². The van der Waals surface area contributed by atoms with Crippen molar-refractivity contribution in [3.8, 4) is 0 Å². The molecular formula is C10H15N3O4. The third-order valence-electron chi connectivity index (χ3n) is 2.98. The minimum absolute atomic E-state index is 0.0123. The summed E-state index contributed by atoms with van der Waals surface area (Å²) >= 11 is 0. The molecule has 0 aromatic heterocycles. The first-order chi connectivity index (χ1) is 8.10. The van der Waals surface area contributed by atoms with Crippen LogP contribution in [0.4, 0.5) is 0 Å². The lowest BCUT2D eigenvalue weighted by molar-refractivity contribution is -0.146. The lowest BCUT2D eigenvalue weighted by Gasteiger charge is -2.27. The summed E-state index contributed by atoms with van der Waals surface area (Å²) in [5, 5.41) is 5.18. The highest BCUT2D eigenvalue weighted by Gasteiger charge is 2.35. The van der Waals surface area contributed by atoms with E-state index in [1.165, 1.54) is 4.90 Å². The van der Waals surface area contributed by atoms with Crippen LogP contribution in [0.1, 0.15) is 6.42 Å². The fourth-order valence-electron chi connectivity index (χ4n) is 2.08. The third-order valence-corrected chi connectivity index (χ3v) is 2.98. The van der Waals surface area contributed by atoms with Crippen LogP contribution in [0.3, 0.4) is 0 Å². The highest BCUT2D eigenvalue weighted by Crippen LogP contribution is 2.12. The highest BCUT2D eigenvalue weighted by atomic mass is 16.5. The van der Waals surface area contributed by atoms with Crippen LogP contribution in [-0.2, 0) is 19.1 Å². The predicted octanol–water partition coefficient (Wildman–Crippen LogP) is -2.15. The van der Waals surface area contributed by atoms with Gasteiger partial charge in [0.2, 0.25) is 17.7 Å². The third kappa shape index (κ3) is 2.62. The van der Waals surface area contributed by atoms with Crippen LogP contribution in [-0.4, -0.2) is 61.5 Å². The maximum atomic E-state index is 12.0. The van der Waals surface area contributed by atoms with Crippen LogP contribution in [0.15, 0.2) is 0 Å². The zero-order valence-corrected chi connectivity index (χ0v) is 9.56. The van der Waals surface area contributed by atoms with E-state index in [1.54, 1.807) is 7.11 Å². The normalized spacial score (nSPS) is 29.4. The van der Waals surface area contributed by atoms with Crippen molar-refractivity contribution in [3.63, 3.8) is 0 Å². The Bertz CT molecular complexity index is 341. The molecule has 2 aliphatic rings. The van der Waals surface area contributed by atoms with Gasteiger partial charge >= 0.3 is 0 Å². The quantitative estimate of drug-likeness (QED) is 0.538. The number of nitrogens with one attached hydrogen (secondary N) is 2. The van der Waals surface area contributed by atoms with Crippen molar-refractivity contribution in [2.75, 3.05) is 26.7 Å². The number of imide groups is 1. The number of methoxy groups -OCH3 is 1. The van der Waals surface area contributed by atoms with Gasteiger partial charge in [0.25, 0.3) is 0 Å². The molecule has 2 saturated heterocycles. The Labute approximate surface area is 98.5 Å². The molecule has 3 amide bonds. The van der Waals surface area contributed by atoms with Crippen molar-refractivity contribution in [2.24, 2.45) is 0 Å². The molecule has 2 unspecified atom stereocenters. The molecule has 2 aliphatic heterocycles. The Hall–Kier alpha value is -1.47. The number of carbonyl (C=O) groups is 3. The van der Waals surface area contributed by atoms with E-state index in [0.717, 1.165) is 0 Å². The van der Waals surface area contributed by atoms with Crippen molar-refractivity contribution in [2.45, 2.75) is 18.6 Å². The van der Waals surface area contributed by atoms with E-state index in [1.807, 2.05) is 0 Å². The molecule has 0 aromatic rings. The minimum Gasteiger partial charge on any atom is -0.380 e. The Kier molecular flexibility index (Phi) is 3.39. The van der Waals surface area contributed by atoms with Crippen molar-refractivity contribution < 1.29 is 19.1 Å². The lowest BCUT2D eigenvalue weighted by atomic mass is 10.1. The molecule has 17 heavy (non-hydrogen) atoms. The number of nitrogens with zero attached hydrogens (tertiary/aromatic N) is 1. The van der Waals surface area contributed by atoms with Crippen LogP contribution in [0.25, 0.3) is 0 Å². The lowest BCUT2D eigenvalue weighted by Crippen LogP contribution is -2.56. The summed E-state index contributed by atoms with van der Waals surface area (Å²) in [5.41, 5.74) is 0. The van der Waals surface area contributed by atoms with E-state index in [-0.39, 0.29) is 31.1 Å². The number of hydrogen-bond acceptors (Lipinski definition) is 5. The molecule has 2 N–H and O–H groups in total. The van der Waals surface area contributed by atoms with Gasteiger partial charge in [0, 0.05) is 13.7 Å². The van der Waals surface area contributed by atoms with Crippen molar-refractivity contribution >= 4 is 17.7 Å². The molecule has 2 rings (SSSR count). The standard InChI is InChI=1S/C10H15N3O4/c1-17-6-2-7(11-3-6)10(16)13-4-8(14)12-9(15)5-13/h6-7,11H,2-5H2,1H3,(H,12,14,15). The maximum absolute atomic E-state index is 12.0. The van der Waals surface area contributed by atoms with Gasteiger partial charge in [0.1, 0.15) is 13.1 Å². The molecule has 0 saturated carbocycles. The fraction of sp³-hybridized carbons (Fsp3) is 0.700. The van der Waals surface area contributed by atoms with Gasteiger partial charge in [-0.1, -0.05) is 0 Å². The van der Waals surface area contributed by atoms with Crippen molar-refractivity contribution in [1.82, 2.24) is 15.5 Å². The first-order valence-corrected chi connectivity index (χ1v) is 5.48. The topological polar surface area (TPSA) is 87.7 Å². The Balaban J connectivity index is 1.95. The van der Waals surface area contributed by atoms with E-state index >= 15 is 0 Å². The Morgan fingerprint density at radius 3 is 2.53 bits per heavy atom. The summed E-state index contributed by atoms with van der Waals surface area (Å²) in [5.74, 6) is -1.08. The molecular weight excluding hydrogens is 226 g/mol. The molecule has 2 fully saturated rings. The van der Waals surface area contributed by atoms with Gasteiger partial charge in [0.05, 0.1) is 12.1 Å². The van der Waals surface area contributed by atoms with E-state index < -0.39 is 11.8 Å². The molecule has 0 bridgehead atoms. The average Bonchev–Trinajstić information content (AvgIpc) is 2.75. The molecule has 7 heteroatoms. The van der Waals surface area contributed by atoms with Gasteiger partial charge in [-0.15, -0.1) is 0 Å². The smallest absolute Gasteiger partial charge is 0.246 e. The van der Waals surface area contributed by atoms with Gasteiger partial charge in [-0.3, -0.25) is 19.7 Å². The van der Waals surface area contributed by atoms with Crippen LogP contribution in [0.5, 0.6) is 0 Å². The molecule has 2 atom stereocenters. The Morgan fingerprint density at radius 2 is 2.00 bits per heavy atom. The van der Waals surface area contributed by atoms with Gasteiger partial charge < -0.3 is 15.0 Å². The van der Waals surface area contributed by atoms with E-state index in [4.69, 9.17) is 4.74 Å². The second-order valence-corrected chi connectivity index (χ2v) is 4.22. The summed E-state index contributed by atoms with van der Waals surface area (Å²) in [7, 11) is 1.59. The fourth-order valence-corrected chi connectivity index (χ4v) is 2.08. The molecule has 0 spiro atoms. The summed E-state index contributed by atoms with van der Waals surface area (Å²) < 4.78 is 5.14. The monoisotopic (exact) mass is 241 g/mol. The number of rotatable bonds is 2. The molecule has 7 nitrogen and oxygen atoms in total. The number of ether oxygens (including phenoxy) is 1. The summed E-state index contributed by atoms with van der Waals surface area (Å²) in [4.78, 5) is 35.6. The molecule has 0 aromatic carbocycles. The predicted molar refractivity (Wildman–Crippen MR) is 56.9 cm³/mol. The second-order valence-electron chi connectivity index (χ2n) is 4.22. The van der Waals surface area contributed by atoms with Crippen LogP contribution >= 0.6 is 0 Å². The molecule has 0 aliphatic carbocycles. The molecule has 94 valence electrons. The number of hydrogen-bond donors (Lipinski definition) is 2. The van der Waals surface area contributed by atoms with E-state index in [0.29, 0.717) is 13.0 Å². The number of amides is 3. The van der Waals surface area contributed by atoms with Gasteiger partial charge in [-0.2, -0.15) is 0 Å². The number of carbonyl (C=O) groups excluding carboxylic acids is 3. The Morgan fingerprint density at radius 1 is 1.35 bits per heavy atom. The highest BCUT2D eigenvalue weighted by molar-refractivity contribution is 6.03. The summed E-state index contributed by atoms with van der Waals surface area (Å²) in [6.07, 6.45) is 0.583. The summed E-state index contributed by atoms with van der Waals surface area (Å²) in [6.45, 7) is 0.502. The van der Waals surface area contributed by atoms with Crippen molar-refractivity contribution in [1.29, 1.82) is 0 Å². The van der Waals surface area contributed by atoms with Gasteiger partial charge in [0.15, 0.2) is 0 Å². The SMILES string of the molecule is COC1CNC(C(=O)N2CC(=O)NC(=O)C2)C1. The molecule has 0 radical (unpaired) electrons.